The molecule has 1 aromatic carbocycles. The highest BCUT2D eigenvalue weighted by atomic mass is 79.9. The number of hydrogen-bond donors (Lipinski definition) is 0. The van der Waals surface area contributed by atoms with Crippen LogP contribution in [-0.2, 0) is 0 Å². The van der Waals surface area contributed by atoms with Crippen molar-refractivity contribution in [1.29, 1.82) is 5.26 Å². The van der Waals surface area contributed by atoms with Crippen LogP contribution in [0.25, 0.3) is 0 Å². The molecule has 0 aliphatic heterocycles. The zero-order valence-corrected chi connectivity index (χ0v) is 9.01. The summed E-state index contributed by atoms with van der Waals surface area (Å²) in [6, 6.07) is 5.79. The summed E-state index contributed by atoms with van der Waals surface area (Å²) >= 11 is 2.98. The second-order valence-corrected chi connectivity index (χ2v) is 3.70. The van der Waals surface area contributed by atoms with Gasteiger partial charge in [0.25, 0.3) is 0 Å². The third kappa shape index (κ3) is 2.18. The van der Waals surface area contributed by atoms with Gasteiger partial charge in [0.1, 0.15) is 11.7 Å². The maximum atomic E-state index is 12.8. The van der Waals surface area contributed by atoms with Gasteiger partial charge in [-0.05, 0) is 41.1 Å². The first-order chi connectivity index (χ1) is 6.56. The Hall–Kier alpha value is -1.21. The molecule has 0 fully saturated rings. The van der Waals surface area contributed by atoms with Crippen LogP contribution in [0.15, 0.2) is 22.7 Å². The lowest BCUT2D eigenvalue weighted by Crippen LogP contribution is -2.09. The van der Waals surface area contributed by atoms with Crippen LogP contribution in [0.3, 0.4) is 0 Å². The monoisotopic (exact) mass is 255 g/mol. The molecule has 0 radical (unpaired) electrons. The predicted molar refractivity (Wildman–Crippen MR) is 53.2 cm³/mol. The highest BCUT2D eigenvalue weighted by molar-refractivity contribution is 9.10. The third-order valence-electron chi connectivity index (χ3n) is 1.79. The molecule has 1 atom stereocenters. The first-order valence-corrected chi connectivity index (χ1v) is 4.74. The third-order valence-corrected chi connectivity index (χ3v) is 2.40. The van der Waals surface area contributed by atoms with Gasteiger partial charge in [0.15, 0.2) is 5.78 Å². The van der Waals surface area contributed by atoms with Gasteiger partial charge in [-0.1, -0.05) is 0 Å². The van der Waals surface area contributed by atoms with E-state index in [9.17, 15) is 9.18 Å². The molecule has 0 bridgehead atoms. The summed E-state index contributed by atoms with van der Waals surface area (Å²) in [5, 5.41) is 8.53. The molecular formula is C10H7BrFNO. The fraction of sp³-hybridized carbons (Fsp3) is 0.200. The van der Waals surface area contributed by atoms with Crippen molar-refractivity contribution < 1.29 is 9.18 Å². The van der Waals surface area contributed by atoms with E-state index >= 15 is 0 Å². The largest absolute Gasteiger partial charge is 0.293 e. The number of halogens is 2. The number of nitrogens with zero attached hydrogens (tertiary/aromatic N) is 1. The quantitative estimate of drug-likeness (QED) is 0.763. The van der Waals surface area contributed by atoms with Crippen LogP contribution in [0.5, 0.6) is 0 Å². The van der Waals surface area contributed by atoms with E-state index in [0.29, 0.717) is 5.56 Å². The Kier molecular flexibility index (Phi) is 3.37. The molecule has 0 aromatic heterocycles. The van der Waals surface area contributed by atoms with Gasteiger partial charge in [-0.2, -0.15) is 5.26 Å². The molecule has 0 N–H and O–H groups in total. The number of carbonyl (C=O) groups excluding carboxylic acids is 1. The molecule has 72 valence electrons. The Morgan fingerprint density at radius 1 is 1.64 bits per heavy atom. The average Bonchev–Trinajstić information content (AvgIpc) is 2.20. The van der Waals surface area contributed by atoms with E-state index in [-0.39, 0.29) is 10.3 Å². The molecule has 0 amide bonds. The van der Waals surface area contributed by atoms with Crippen molar-refractivity contribution in [1.82, 2.24) is 0 Å². The van der Waals surface area contributed by atoms with Gasteiger partial charge in [0.2, 0.25) is 0 Å². The number of benzene rings is 1. The molecular weight excluding hydrogens is 249 g/mol. The molecule has 0 heterocycles. The van der Waals surface area contributed by atoms with Gasteiger partial charge >= 0.3 is 0 Å². The molecule has 0 spiro atoms. The molecule has 1 aromatic rings. The van der Waals surface area contributed by atoms with Crippen LogP contribution < -0.4 is 0 Å². The first-order valence-electron chi connectivity index (χ1n) is 3.95. The molecule has 1 rings (SSSR count). The molecule has 0 aliphatic rings. The lowest BCUT2D eigenvalue weighted by molar-refractivity contribution is 0.0956. The molecule has 0 saturated carbocycles. The van der Waals surface area contributed by atoms with E-state index in [2.05, 4.69) is 15.9 Å². The van der Waals surface area contributed by atoms with Gasteiger partial charge in [0, 0.05) is 5.56 Å². The molecule has 4 heteroatoms. The number of rotatable bonds is 2. The number of ketones is 1. The van der Waals surface area contributed by atoms with E-state index in [1.54, 1.807) is 0 Å². The Morgan fingerprint density at radius 2 is 2.29 bits per heavy atom. The molecule has 1 unspecified atom stereocenters. The van der Waals surface area contributed by atoms with E-state index < -0.39 is 11.7 Å². The SMILES string of the molecule is CC(C#N)C(=O)c1ccc(F)c(Br)c1. The maximum Gasteiger partial charge on any atom is 0.179 e. The minimum absolute atomic E-state index is 0.230. The van der Waals surface area contributed by atoms with Crippen LogP contribution in [0.1, 0.15) is 17.3 Å². The summed E-state index contributed by atoms with van der Waals surface area (Å²) in [7, 11) is 0. The topological polar surface area (TPSA) is 40.9 Å². The molecule has 0 saturated heterocycles. The summed E-state index contributed by atoms with van der Waals surface area (Å²) < 4.78 is 13.1. The number of nitriles is 1. The second-order valence-electron chi connectivity index (χ2n) is 2.84. The van der Waals surface area contributed by atoms with Gasteiger partial charge in [-0.3, -0.25) is 4.79 Å². The van der Waals surface area contributed by atoms with Crippen LogP contribution in [-0.4, -0.2) is 5.78 Å². The van der Waals surface area contributed by atoms with E-state index in [4.69, 9.17) is 5.26 Å². The van der Waals surface area contributed by atoms with Crippen LogP contribution in [0, 0.1) is 23.1 Å². The lowest BCUT2D eigenvalue weighted by atomic mass is 10.0. The van der Waals surface area contributed by atoms with Crippen molar-refractivity contribution >= 4 is 21.7 Å². The first kappa shape index (κ1) is 10.9. The van der Waals surface area contributed by atoms with Crippen LogP contribution in [0.2, 0.25) is 0 Å². The molecule has 14 heavy (non-hydrogen) atoms. The highest BCUT2D eigenvalue weighted by Gasteiger charge is 2.15. The van der Waals surface area contributed by atoms with Crippen molar-refractivity contribution in [2.45, 2.75) is 6.92 Å². The summed E-state index contributed by atoms with van der Waals surface area (Å²) in [5.74, 6) is -1.42. The summed E-state index contributed by atoms with van der Waals surface area (Å²) in [4.78, 5) is 11.5. The second kappa shape index (κ2) is 4.34. The standard InChI is InChI=1S/C10H7BrFNO/c1-6(5-13)10(14)7-2-3-9(12)8(11)4-7/h2-4,6H,1H3. The number of hydrogen-bond acceptors (Lipinski definition) is 2. The minimum atomic E-state index is -0.702. The van der Waals surface area contributed by atoms with Crippen LogP contribution >= 0.6 is 15.9 Å². The number of carbonyl (C=O) groups is 1. The zero-order valence-electron chi connectivity index (χ0n) is 7.42. The average molecular weight is 256 g/mol. The van der Waals surface area contributed by atoms with Crippen molar-refractivity contribution in [3.63, 3.8) is 0 Å². The summed E-state index contributed by atoms with van der Waals surface area (Å²) in [6.07, 6.45) is 0. The van der Waals surface area contributed by atoms with E-state index in [0.717, 1.165) is 0 Å². The van der Waals surface area contributed by atoms with Crippen molar-refractivity contribution in [3.05, 3.63) is 34.1 Å². The minimum Gasteiger partial charge on any atom is -0.293 e. The normalized spacial score (nSPS) is 11.9. The number of Topliss-reactive ketones (excluding diaryl/α,β-unsaturated/α-hetero) is 1. The Labute approximate surface area is 89.5 Å². The van der Waals surface area contributed by atoms with Crippen molar-refractivity contribution in [2.24, 2.45) is 5.92 Å². The fourth-order valence-corrected chi connectivity index (χ4v) is 1.34. The summed E-state index contributed by atoms with van der Waals surface area (Å²) in [5.41, 5.74) is 0.340. The Bertz CT molecular complexity index is 411. The summed E-state index contributed by atoms with van der Waals surface area (Å²) in [6.45, 7) is 1.51. The van der Waals surface area contributed by atoms with Crippen LogP contribution in [0.4, 0.5) is 4.39 Å². The predicted octanol–water partition coefficient (Wildman–Crippen LogP) is 2.93. The smallest absolute Gasteiger partial charge is 0.179 e. The maximum absolute atomic E-state index is 12.8. The van der Waals surface area contributed by atoms with E-state index in [1.165, 1.54) is 25.1 Å². The van der Waals surface area contributed by atoms with E-state index in [1.807, 2.05) is 6.07 Å². The van der Waals surface area contributed by atoms with Gasteiger partial charge in [-0.25, -0.2) is 4.39 Å². The Balaban J connectivity index is 3.04. The van der Waals surface area contributed by atoms with Gasteiger partial charge < -0.3 is 0 Å². The molecule has 2 nitrogen and oxygen atoms in total. The molecule has 0 aliphatic carbocycles. The Morgan fingerprint density at radius 3 is 2.79 bits per heavy atom. The fourth-order valence-electron chi connectivity index (χ4n) is 0.958. The highest BCUT2D eigenvalue weighted by Crippen LogP contribution is 2.18. The van der Waals surface area contributed by atoms with Crippen molar-refractivity contribution in [3.8, 4) is 6.07 Å². The van der Waals surface area contributed by atoms with Gasteiger partial charge in [0.05, 0.1) is 10.5 Å². The van der Waals surface area contributed by atoms with Gasteiger partial charge in [-0.15, -0.1) is 0 Å². The lowest BCUT2D eigenvalue weighted by Gasteiger charge is -2.02. The van der Waals surface area contributed by atoms with Crippen molar-refractivity contribution in [2.75, 3.05) is 0 Å². The zero-order chi connectivity index (χ0) is 10.7.